The Morgan fingerprint density at radius 3 is 2.50 bits per heavy atom. The molecule has 1 unspecified atom stereocenters. The lowest BCUT2D eigenvalue weighted by Gasteiger charge is -2.43. The summed E-state index contributed by atoms with van der Waals surface area (Å²) in [4.78, 5) is 17.4. The summed E-state index contributed by atoms with van der Waals surface area (Å²) in [5.41, 5.74) is 5.79. The van der Waals surface area contributed by atoms with Crippen LogP contribution >= 0.6 is 0 Å². The molecule has 1 atom stereocenters. The maximum Gasteiger partial charge on any atom is 0.240 e. The molecule has 1 saturated carbocycles. The molecule has 0 bridgehead atoms. The number of piperidine rings is 1. The molecule has 1 aliphatic carbocycles. The van der Waals surface area contributed by atoms with Gasteiger partial charge in [0.15, 0.2) is 0 Å². The lowest BCUT2D eigenvalue weighted by atomic mass is 9.77. The standard InChI is InChI=1S/C19H36N4O/c1-18(2,23-10-4-3-5-11-23)15-22-12-7-16(14-22)13-21-17(24)19(20)8-6-9-19/h16H,3-15,20H2,1-2H3,(H,21,24). The van der Waals surface area contributed by atoms with Gasteiger partial charge in [-0.3, -0.25) is 9.69 Å². The van der Waals surface area contributed by atoms with E-state index in [-0.39, 0.29) is 11.4 Å². The van der Waals surface area contributed by atoms with E-state index in [4.69, 9.17) is 5.73 Å². The van der Waals surface area contributed by atoms with Crippen LogP contribution in [0.5, 0.6) is 0 Å². The molecule has 3 N–H and O–H groups in total. The highest BCUT2D eigenvalue weighted by atomic mass is 16.2. The van der Waals surface area contributed by atoms with Crippen LogP contribution in [-0.2, 0) is 4.79 Å². The highest BCUT2D eigenvalue weighted by Gasteiger charge is 2.40. The molecule has 5 heteroatoms. The number of nitrogens with one attached hydrogen (secondary N) is 1. The van der Waals surface area contributed by atoms with Crippen molar-refractivity contribution in [3.8, 4) is 0 Å². The zero-order valence-corrected chi connectivity index (χ0v) is 15.6. The van der Waals surface area contributed by atoms with Crippen molar-refractivity contribution in [3.63, 3.8) is 0 Å². The van der Waals surface area contributed by atoms with Crippen LogP contribution in [0.15, 0.2) is 0 Å². The Kier molecular flexibility index (Phi) is 5.52. The first-order chi connectivity index (χ1) is 11.4. The molecule has 0 aromatic carbocycles. The van der Waals surface area contributed by atoms with Crippen molar-refractivity contribution in [2.45, 2.75) is 69.9 Å². The number of carbonyl (C=O) groups excluding carboxylic acids is 1. The van der Waals surface area contributed by atoms with Crippen molar-refractivity contribution in [3.05, 3.63) is 0 Å². The summed E-state index contributed by atoms with van der Waals surface area (Å²) < 4.78 is 0. The third kappa shape index (κ3) is 4.12. The van der Waals surface area contributed by atoms with Gasteiger partial charge in [-0.2, -0.15) is 0 Å². The number of hydrogen-bond acceptors (Lipinski definition) is 4. The van der Waals surface area contributed by atoms with Crippen molar-refractivity contribution >= 4 is 5.91 Å². The molecule has 0 radical (unpaired) electrons. The van der Waals surface area contributed by atoms with Gasteiger partial charge in [-0.1, -0.05) is 6.42 Å². The van der Waals surface area contributed by atoms with Gasteiger partial charge in [0.05, 0.1) is 5.54 Å². The Labute approximate surface area is 147 Å². The van der Waals surface area contributed by atoms with Gasteiger partial charge in [-0.25, -0.2) is 0 Å². The fourth-order valence-electron chi connectivity index (χ4n) is 4.57. The molecule has 3 aliphatic rings. The van der Waals surface area contributed by atoms with Crippen LogP contribution in [0.2, 0.25) is 0 Å². The summed E-state index contributed by atoms with van der Waals surface area (Å²) in [7, 11) is 0. The smallest absolute Gasteiger partial charge is 0.240 e. The van der Waals surface area contributed by atoms with Gasteiger partial charge in [0.2, 0.25) is 5.91 Å². The molecule has 3 fully saturated rings. The van der Waals surface area contributed by atoms with Gasteiger partial charge in [0.25, 0.3) is 0 Å². The van der Waals surface area contributed by atoms with Crippen LogP contribution in [0.3, 0.4) is 0 Å². The number of amides is 1. The molecule has 2 saturated heterocycles. The average Bonchev–Trinajstić information content (AvgIpc) is 2.98. The minimum atomic E-state index is -0.561. The number of likely N-dealkylation sites (tertiary alicyclic amines) is 2. The fraction of sp³-hybridized carbons (Fsp3) is 0.947. The third-order valence-corrected chi connectivity index (χ3v) is 6.44. The minimum Gasteiger partial charge on any atom is -0.354 e. The van der Waals surface area contributed by atoms with E-state index in [0.29, 0.717) is 5.92 Å². The van der Waals surface area contributed by atoms with Crippen LogP contribution in [-0.4, -0.2) is 66.1 Å². The Balaban J connectivity index is 1.41. The van der Waals surface area contributed by atoms with Gasteiger partial charge >= 0.3 is 0 Å². The van der Waals surface area contributed by atoms with Crippen molar-refractivity contribution in [2.24, 2.45) is 11.7 Å². The van der Waals surface area contributed by atoms with Crippen LogP contribution in [0.1, 0.15) is 58.8 Å². The normalized spacial score (nSPS) is 28.5. The number of nitrogens with zero attached hydrogens (tertiary/aromatic N) is 2. The van der Waals surface area contributed by atoms with Crippen molar-refractivity contribution in [1.82, 2.24) is 15.1 Å². The molecule has 0 spiro atoms. The van der Waals surface area contributed by atoms with E-state index in [1.165, 1.54) is 38.8 Å². The second-order valence-corrected chi connectivity index (χ2v) is 8.97. The number of nitrogens with two attached hydrogens (primary N) is 1. The second-order valence-electron chi connectivity index (χ2n) is 8.97. The minimum absolute atomic E-state index is 0.0702. The molecule has 0 aromatic rings. The zero-order chi connectivity index (χ0) is 17.2. The van der Waals surface area contributed by atoms with Gasteiger partial charge < -0.3 is 16.0 Å². The summed E-state index contributed by atoms with van der Waals surface area (Å²) in [5.74, 6) is 0.649. The van der Waals surface area contributed by atoms with Crippen LogP contribution in [0, 0.1) is 5.92 Å². The third-order valence-electron chi connectivity index (χ3n) is 6.44. The van der Waals surface area contributed by atoms with E-state index in [1.807, 2.05) is 0 Å². The Hall–Kier alpha value is -0.650. The molecular weight excluding hydrogens is 300 g/mol. The van der Waals surface area contributed by atoms with Crippen LogP contribution < -0.4 is 11.1 Å². The van der Waals surface area contributed by atoms with Crippen molar-refractivity contribution in [1.29, 1.82) is 0 Å². The molecule has 5 nitrogen and oxygen atoms in total. The lowest BCUT2D eigenvalue weighted by Crippen LogP contribution is -2.59. The van der Waals surface area contributed by atoms with E-state index in [0.717, 1.165) is 45.4 Å². The van der Waals surface area contributed by atoms with Gasteiger partial charge in [-0.15, -0.1) is 0 Å². The summed E-state index contributed by atoms with van der Waals surface area (Å²) >= 11 is 0. The average molecular weight is 337 g/mol. The topological polar surface area (TPSA) is 61.6 Å². The van der Waals surface area contributed by atoms with Crippen LogP contribution in [0.25, 0.3) is 0 Å². The van der Waals surface area contributed by atoms with Gasteiger partial charge in [-0.05, 0) is 77.9 Å². The Morgan fingerprint density at radius 1 is 1.17 bits per heavy atom. The largest absolute Gasteiger partial charge is 0.354 e. The highest BCUT2D eigenvalue weighted by molar-refractivity contribution is 5.86. The molecule has 2 aliphatic heterocycles. The second kappa shape index (κ2) is 7.30. The molecule has 0 aromatic heterocycles. The highest BCUT2D eigenvalue weighted by Crippen LogP contribution is 2.29. The molecule has 3 rings (SSSR count). The molecule has 2 heterocycles. The quantitative estimate of drug-likeness (QED) is 0.773. The fourth-order valence-corrected chi connectivity index (χ4v) is 4.57. The number of hydrogen-bond donors (Lipinski definition) is 2. The van der Waals surface area contributed by atoms with Gasteiger partial charge in [0, 0.05) is 25.2 Å². The summed E-state index contributed by atoms with van der Waals surface area (Å²) in [6.45, 7) is 11.5. The van der Waals surface area contributed by atoms with Crippen molar-refractivity contribution < 1.29 is 4.79 Å². The van der Waals surface area contributed by atoms with Crippen LogP contribution in [0.4, 0.5) is 0 Å². The maximum absolute atomic E-state index is 12.2. The van der Waals surface area contributed by atoms with E-state index >= 15 is 0 Å². The summed E-state index contributed by atoms with van der Waals surface area (Å²) in [6.07, 6.45) is 8.05. The van der Waals surface area contributed by atoms with E-state index < -0.39 is 5.54 Å². The lowest BCUT2D eigenvalue weighted by molar-refractivity contribution is -0.129. The molecule has 24 heavy (non-hydrogen) atoms. The molecule has 138 valence electrons. The first-order valence-electron chi connectivity index (χ1n) is 9.94. The molecule has 1 amide bonds. The number of carbonyl (C=O) groups is 1. The first-order valence-corrected chi connectivity index (χ1v) is 9.94. The zero-order valence-electron chi connectivity index (χ0n) is 15.6. The predicted octanol–water partition coefficient (Wildman–Crippen LogP) is 1.57. The van der Waals surface area contributed by atoms with Gasteiger partial charge in [0.1, 0.15) is 0 Å². The van der Waals surface area contributed by atoms with E-state index in [9.17, 15) is 4.79 Å². The Morgan fingerprint density at radius 2 is 1.88 bits per heavy atom. The number of rotatable bonds is 6. The Bertz CT molecular complexity index is 441. The van der Waals surface area contributed by atoms with E-state index in [2.05, 4.69) is 29.0 Å². The first kappa shape index (κ1) is 18.2. The maximum atomic E-state index is 12.2. The SMILES string of the molecule is CC(C)(CN1CCC(CNC(=O)C2(N)CCC2)C1)N1CCCCC1. The van der Waals surface area contributed by atoms with E-state index in [1.54, 1.807) is 0 Å². The van der Waals surface area contributed by atoms with Crippen molar-refractivity contribution in [2.75, 3.05) is 39.3 Å². The summed E-state index contributed by atoms with van der Waals surface area (Å²) in [5, 5.41) is 3.11. The summed E-state index contributed by atoms with van der Waals surface area (Å²) in [6, 6.07) is 0. The monoisotopic (exact) mass is 336 g/mol. The predicted molar refractivity (Wildman–Crippen MR) is 97.8 cm³/mol. The molecular formula is C19H36N4O.